The minimum atomic E-state index is -1.66. The number of ether oxygens (including phenoxy) is 2. The first-order valence-corrected chi connectivity index (χ1v) is 12.7. The van der Waals surface area contributed by atoms with Crippen molar-refractivity contribution in [1.82, 2.24) is 20.7 Å². The normalized spacial score (nSPS) is 23.6. The van der Waals surface area contributed by atoms with E-state index in [1.165, 1.54) is 15.2 Å². The third-order valence-electron chi connectivity index (χ3n) is 4.55. The number of guanidine groups is 1. The van der Waals surface area contributed by atoms with E-state index in [4.69, 9.17) is 34.6 Å². The van der Waals surface area contributed by atoms with Crippen molar-refractivity contribution in [3.63, 3.8) is 0 Å². The minimum absolute atomic E-state index is 0.0246. The Bertz CT molecular complexity index is 574. The zero-order valence-corrected chi connectivity index (χ0v) is 22.3. The van der Waals surface area contributed by atoms with E-state index in [1.54, 1.807) is 7.05 Å². The van der Waals surface area contributed by atoms with Crippen LogP contribution < -0.4 is 11.2 Å². The van der Waals surface area contributed by atoms with Crippen LogP contribution in [0.2, 0.25) is 0 Å². The summed E-state index contributed by atoms with van der Waals surface area (Å²) in [5, 5.41) is 4.36. The summed E-state index contributed by atoms with van der Waals surface area (Å²) >= 11 is 0. The van der Waals surface area contributed by atoms with Crippen LogP contribution in [0.4, 0.5) is 0 Å². The number of nitrogens with two attached hydrogens (primary N) is 1. The third-order valence-corrected chi connectivity index (χ3v) is 4.55. The average Bonchev–Trinajstić information content (AvgIpc) is 2.83. The van der Waals surface area contributed by atoms with E-state index in [2.05, 4.69) is 10.5 Å². The molecule has 0 spiro atoms. The van der Waals surface area contributed by atoms with Gasteiger partial charge >= 0.3 is 11.9 Å². The average molecular weight is 493 g/mol. The van der Waals surface area contributed by atoms with Gasteiger partial charge in [0.2, 0.25) is 5.96 Å². The van der Waals surface area contributed by atoms with E-state index in [0.717, 1.165) is 38.5 Å². The summed E-state index contributed by atoms with van der Waals surface area (Å²) in [6.45, 7) is 14.4. The lowest BCUT2D eigenvalue weighted by Gasteiger charge is -2.56. The third kappa shape index (κ3) is 7.70. The summed E-state index contributed by atoms with van der Waals surface area (Å²) in [4.78, 5) is 28.8. The van der Waals surface area contributed by atoms with Gasteiger partial charge in [-0.05, 0) is 38.5 Å². The Kier molecular flexibility index (Phi) is 15.1. The summed E-state index contributed by atoms with van der Waals surface area (Å²) in [7, 11) is 1.74. The van der Waals surface area contributed by atoms with Crippen LogP contribution in [0.1, 0.15) is 80.1 Å². The van der Waals surface area contributed by atoms with Crippen molar-refractivity contribution in [3.05, 3.63) is 0 Å². The largest absolute Gasteiger partial charge is 0.368 e. The number of nitrogens with one attached hydrogen (secondary N) is 1. The van der Waals surface area contributed by atoms with Crippen LogP contribution in [0, 0.1) is 0 Å². The second-order valence-electron chi connectivity index (χ2n) is 7.89. The number of aliphatic imine (C=N–C) groups is 1. The first kappa shape index (κ1) is 30.9. The quantitative estimate of drug-likeness (QED) is 0.148. The van der Waals surface area contributed by atoms with Gasteiger partial charge in [-0.15, -0.1) is 10.5 Å². The van der Waals surface area contributed by atoms with E-state index >= 15 is 0 Å². The zero-order chi connectivity index (χ0) is 25.5. The monoisotopic (exact) mass is 492 g/mol. The van der Waals surface area contributed by atoms with Crippen LogP contribution in [0.25, 0.3) is 0 Å². The molecule has 0 radical (unpaired) electrons. The van der Waals surface area contributed by atoms with E-state index < -0.39 is 11.9 Å². The molecular weight excluding hydrogens is 444 g/mol. The van der Waals surface area contributed by atoms with Gasteiger partial charge in [0.05, 0.1) is 39.6 Å². The molecule has 2 atom stereocenters. The Hall–Kier alpha value is -1.09. The maximum atomic E-state index is 6.51. The number of hydrogen-bond donors (Lipinski definition) is 2. The Balaban J connectivity index is 3.77. The molecule has 34 heavy (non-hydrogen) atoms. The number of nitrogens with zero attached hydrogens (tertiary/aromatic N) is 4. The molecule has 3 N–H and O–H groups in total. The van der Waals surface area contributed by atoms with Crippen molar-refractivity contribution < 1.29 is 28.8 Å². The molecule has 0 aromatic rings. The van der Waals surface area contributed by atoms with Crippen LogP contribution in [-0.2, 0) is 28.8 Å². The fraction of sp³-hybridized carbons (Fsp3) is 0.955. The second kappa shape index (κ2) is 16.6. The Morgan fingerprint density at radius 2 is 1.35 bits per heavy atom. The first-order chi connectivity index (χ1) is 16.4. The molecule has 0 saturated carbocycles. The van der Waals surface area contributed by atoms with E-state index in [9.17, 15) is 0 Å². The van der Waals surface area contributed by atoms with Gasteiger partial charge in [0, 0.05) is 7.05 Å². The molecule has 0 amide bonds. The van der Waals surface area contributed by atoms with Gasteiger partial charge in [-0.1, -0.05) is 46.6 Å². The van der Waals surface area contributed by atoms with Gasteiger partial charge in [-0.2, -0.15) is 10.1 Å². The summed E-state index contributed by atoms with van der Waals surface area (Å²) in [5.41, 5.74) is 9.45. The maximum Gasteiger partial charge on any atom is 0.340 e. The lowest BCUT2D eigenvalue weighted by Crippen LogP contribution is -2.82. The van der Waals surface area contributed by atoms with Crippen molar-refractivity contribution in [1.29, 1.82) is 0 Å². The van der Waals surface area contributed by atoms with Crippen molar-refractivity contribution in [2.45, 2.75) is 92.0 Å². The second-order valence-corrected chi connectivity index (χ2v) is 7.89. The SMILES string of the molecule is CCCONC1(OCCC)N=C(N)N(OCCC)C(OCCC)(N(C)OCCC)N1OCCC. The van der Waals surface area contributed by atoms with Crippen molar-refractivity contribution in [2.75, 3.05) is 46.7 Å². The van der Waals surface area contributed by atoms with Gasteiger partial charge in [0.15, 0.2) is 0 Å². The lowest BCUT2D eigenvalue weighted by atomic mass is 10.4. The molecular formula is C22H48N6O6. The zero-order valence-electron chi connectivity index (χ0n) is 22.3. The van der Waals surface area contributed by atoms with E-state index in [0.29, 0.717) is 39.6 Å². The molecule has 0 aromatic carbocycles. The van der Waals surface area contributed by atoms with E-state index in [-0.39, 0.29) is 5.96 Å². The Morgan fingerprint density at radius 3 is 1.94 bits per heavy atom. The fourth-order valence-electron chi connectivity index (χ4n) is 3.05. The van der Waals surface area contributed by atoms with Gasteiger partial charge < -0.3 is 15.2 Å². The Labute approximate surface area is 205 Å². The maximum absolute atomic E-state index is 6.51. The summed E-state index contributed by atoms with van der Waals surface area (Å²) in [6.07, 6.45) is 4.52. The standard InChI is InChI=1S/C22H48N6O6/c1-8-14-29-21(25-31-16-10-3)24-20(23)27(33-18-12-5)22(30-15-9-2,26(7)32-17-11-4)28(21)34-19-13-6/h25H,8-19H2,1-7H3,(H2,23,24). The summed E-state index contributed by atoms with van der Waals surface area (Å²) in [5.74, 6) is -3.25. The van der Waals surface area contributed by atoms with Crippen LogP contribution in [0.5, 0.6) is 0 Å². The molecule has 0 saturated heterocycles. The minimum Gasteiger partial charge on any atom is -0.368 e. The molecule has 0 bridgehead atoms. The van der Waals surface area contributed by atoms with Crippen LogP contribution >= 0.6 is 0 Å². The fourth-order valence-corrected chi connectivity index (χ4v) is 3.05. The molecule has 1 rings (SSSR count). The highest BCUT2D eigenvalue weighted by atomic mass is 16.9. The highest BCUT2D eigenvalue weighted by Gasteiger charge is 2.65. The van der Waals surface area contributed by atoms with Gasteiger partial charge in [0.25, 0.3) is 0 Å². The Morgan fingerprint density at radius 1 is 0.794 bits per heavy atom. The molecule has 1 aliphatic heterocycles. The molecule has 1 aliphatic rings. The van der Waals surface area contributed by atoms with Crippen molar-refractivity contribution in [3.8, 4) is 0 Å². The molecule has 202 valence electrons. The first-order valence-electron chi connectivity index (χ1n) is 12.7. The topological polar surface area (TPSA) is 116 Å². The molecule has 0 aliphatic carbocycles. The highest BCUT2D eigenvalue weighted by molar-refractivity contribution is 5.78. The lowest BCUT2D eigenvalue weighted by molar-refractivity contribution is -0.547. The number of hydroxylamine groups is 7. The predicted molar refractivity (Wildman–Crippen MR) is 129 cm³/mol. The number of rotatable bonds is 20. The smallest absolute Gasteiger partial charge is 0.340 e. The van der Waals surface area contributed by atoms with Crippen LogP contribution in [-0.4, -0.2) is 79.8 Å². The van der Waals surface area contributed by atoms with Gasteiger partial charge in [0.1, 0.15) is 0 Å². The molecule has 2 unspecified atom stereocenters. The molecule has 0 fully saturated rings. The molecule has 12 nitrogen and oxygen atoms in total. The summed E-state index contributed by atoms with van der Waals surface area (Å²) < 4.78 is 12.7. The van der Waals surface area contributed by atoms with E-state index in [1.807, 2.05) is 41.5 Å². The molecule has 0 aromatic heterocycles. The van der Waals surface area contributed by atoms with Crippen molar-refractivity contribution >= 4 is 5.96 Å². The highest BCUT2D eigenvalue weighted by Crippen LogP contribution is 2.38. The predicted octanol–water partition coefficient (Wildman–Crippen LogP) is 2.88. The number of hydrogen-bond acceptors (Lipinski definition) is 12. The van der Waals surface area contributed by atoms with Crippen LogP contribution in [0.15, 0.2) is 4.99 Å². The van der Waals surface area contributed by atoms with Gasteiger partial charge in [-0.3, -0.25) is 19.4 Å². The van der Waals surface area contributed by atoms with Crippen LogP contribution in [0.3, 0.4) is 0 Å². The van der Waals surface area contributed by atoms with Crippen molar-refractivity contribution in [2.24, 2.45) is 10.7 Å². The molecule has 12 heteroatoms. The molecule has 1 heterocycles. The van der Waals surface area contributed by atoms with Gasteiger partial charge in [-0.25, -0.2) is 0 Å². The summed E-state index contributed by atoms with van der Waals surface area (Å²) in [6, 6.07) is 0.